The molecule has 0 radical (unpaired) electrons. The van der Waals surface area contributed by atoms with Gasteiger partial charge in [0.2, 0.25) is 11.8 Å². The Balaban J connectivity index is 1.51. The average Bonchev–Trinajstić information content (AvgIpc) is 3.62. The maximum Gasteiger partial charge on any atom is 0.247 e. The molecule has 2 amide bonds. The molecular formula is C29H27N5O3S. The molecule has 0 aliphatic rings. The molecule has 8 nitrogen and oxygen atoms in total. The van der Waals surface area contributed by atoms with Crippen molar-refractivity contribution in [3.8, 4) is 5.75 Å². The molecule has 5 aromatic rings. The third kappa shape index (κ3) is 5.73. The Morgan fingerprint density at radius 3 is 2.61 bits per heavy atom. The minimum atomic E-state index is -0.891. The van der Waals surface area contributed by atoms with Gasteiger partial charge in [0.1, 0.15) is 23.9 Å². The smallest absolute Gasteiger partial charge is 0.247 e. The van der Waals surface area contributed by atoms with Crippen LogP contribution in [0.4, 0.5) is 0 Å². The molecule has 2 aromatic heterocycles. The molecule has 0 bridgehead atoms. The predicted molar refractivity (Wildman–Crippen MR) is 146 cm³/mol. The number of aromatic nitrogens is 3. The number of rotatable bonds is 10. The molecule has 5 rings (SSSR count). The van der Waals surface area contributed by atoms with Gasteiger partial charge in [-0.05, 0) is 46.8 Å². The average molecular weight is 526 g/mol. The van der Waals surface area contributed by atoms with Crippen molar-refractivity contribution in [2.45, 2.75) is 25.7 Å². The number of ether oxygens (including phenoxy) is 1. The fourth-order valence-electron chi connectivity index (χ4n) is 4.31. The van der Waals surface area contributed by atoms with E-state index in [2.05, 4.69) is 15.6 Å². The van der Waals surface area contributed by atoms with Gasteiger partial charge in [-0.15, -0.1) is 16.4 Å². The normalized spacial score (nSPS) is 11.7. The standard InChI is InChI=1S/C29H27N5O3S/c1-37-23-12-7-11-22(17-23)28(29(36)30-18-21-9-3-2-4-10-21)33(19-24-13-8-16-38-24)27(35)20-34-26-15-6-5-14-25(26)31-32-34/h2-17,28H,18-20H2,1H3,(H,30,36)/t28-/m0/s1. The summed E-state index contributed by atoms with van der Waals surface area (Å²) >= 11 is 1.54. The first-order chi connectivity index (χ1) is 18.6. The third-order valence-corrected chi connectivity index (χ3v) is 7.07. The topological polar surface area (TPSA) is 89.4 Å². The number of nitrogens with one attached hydrogen (secondary N) is 1. The van der Waals surface area contributed by atoms with Crippen molar-refractivity contribution in [1.82, 2.24) is 25.2 Å². The monoisotopic (exact) mass is 525 g/mol. The zero-order chi connectivity index (χ0) is 26.3. The molecule has 9 heteroatoms. The molecule has 0 fully saturated rings. The third-order valence-electron chi connectivity index (χ3n) is 6.21. The van der Waals surface area contributed by atoms with Gasteiger partial charge in [0.05, 0.1) is 19.2 Å². The predicted octanol–water partition coefficient (Wildman–Crippen LogP) is 4.59. The zero-order valence-corrected chi connectivity index (χ0v) is 21.7. The molecule has 0 saturated heterocycles. The lowest BCUT2D eigenvalue weighted by molar-refractivity contribution is -0.142. The van der Waals surface area contributed by atoms with Crippen LogP contribution in [0, 0.1) is 0 Å². The lowest BCUT2D eigenvalue weighted by Crippen LogP contribution is -2.44. The fraction of sp³-hybridized carbons (Fsp3) is 0.172. The molecule has 3 aromatic carbocycles. The first-order valence-electron chi connectivity index (χ1n) is 12.2. The summed E-state index contributed by atoms with van der Waals surface area (Å²) < 4.78 is 7.01. The summed E-state index contributed by atoms with van der Waals surface area (Å²) in [4.78, 5) is 30.4. The minimum absolute atomic E-state index is 0.0572. The van der Waals surface area contributed by atoms with Crippen molar-refractivity contribution >= 4 is 34.2 Å². The number of carbonyl (C=O) groups excluding carboxylic acids is 2. The highest BCUT2D eigenvalue weighted by molar-refractivity contribution is 7.09. The summed E-state index contributed by atoms with van der Waals surface area (Å²) in [5.74, 6) is 0.0707. The Morgan fingerprint density at radius 1 is 1.00 bits per heavy atom. The van der Waals surface area contributed by atoms with Crippen LogP contribution < -0.4 is 10.1 Å². The Hall–Kier alpha value is -4.50. The van der Waals surface area contributed by atoms with Crippen molar-refractivity contribution in [3.05, 3.63) is 112 Å². The van der Waals surface area contributed by atoms with E-state index in [0.717, 1.165) is 16.0 Å². The molecular weight excluding hydrogens is 498 g/mol. The SMILES string of the molecule is COc1cccc([C@@H](C(=O)NCc2ccccc2)N(Cc2cccs2)C(=O)Cn2nnc3ccccc32)c1. The highest BCUT2D eigenvalue weighted by Gasteiger charge is 2.32. The second-order valence-corrected chi connectivity index (χ2v) is 9.75. The number of amides is 2. The maximum atomic E-state index is 14.0. The van der Waals surface area contributed by atoms with Gasteiger partial charge in [0, 0.05) is 11.4 Å². The second kappa shape index (κ2) is 11.7. The molecule has 2 heterocycles. The van der Waals surface area contributed by atoms with E-state index in [4.69, 9.17) is 4.74 Å². The van der Waals surface area contributed by atoms with E-state index in [1.165, 1.54) is 11.3 Å². The summed E-state index contributed by atoms with van der Waals surface area (Å²) in [5.41, 5.74) is 3.08. The minimum Gasteiger partial charge on any atom is -0.497 e. The van der Waals surface area contributed by atoms with E-state index in [-0.39, 0.29) is 24.9 Å². The maximum absolute atomic E-state index is 14.0. The molecule has 0 saturated carbocycles. The van der Waals surface area contributed by atoms with Crippen molar-refractivity contribution in [2.24, 2.45) is 0 Å². The summed E-state index contributed by atoms with van der Waals surface area (Å²) in [6, 6.07) is 27.4. The number of hydrogen-bond donors (Lipinski definition) is 1. The number of carbonyl (C=O) groups is 2. The van der Waals surface area contributed by atoms with Crippen LogP contribution in [-0.2, 0) is 29.2 Å². The number of benzene rings is 3. The summed E-state index contributed by atoms with van der Waals surface area (Å²) in [7, 11) is 1.58. The van der Waals surface area contributed by atoms with Crippen molar-refractivity contribution in [3.63, 3.8) is 0 Å². The number of hydrogen-bond acceptors (Lipinski definition) is 6. The van der Waals surface area contributed by atoms with Crippen molar-refractivity contribution in [1.29, 1.82) is 0 Å². The first kappa shape index (κ1) is 25.2. The van der Waals surface area contributed by atoms with Crippen LogP contribution in [0.1, 0.15) is 22.0 Å². The molecule has 1 N–H and O–H groups in total. The summed E-state index contributed by atoms with van der Waals surface area (Å²) in [5, 5.41) is 13.4. The van der Waals surface area contributed by atoms with Crippen LogP contribution in [0.2, 0.25) is 0 Å². The van der Waals surface area contributed by atoms with Gasteiger partial charge >= 0.3 is 0 Å². The Labute approximate surface area is 224 Å². The van der Waals surface area contributed by atoms with Gasteiger partial charge in [-0.25, -0.2) is 4.68 Å². The van der Waals surface area contributed by atoms with Crippen LogP contribution in [0.5, 0.6) is 5.75 Å². The van der Waals surface area contributed by atoms with Gasteiger partial charge < -0.3 is 15.0 Å². The van der Waals surface area contributed by atoms with Crippen LogP contribution >= 0.6 is 11.3 Å². The molecule has 0 aliphatic heterocycles. The van der Waals surface area contributed by atoms with Crippen molar-refractivity contribution < 1.29 is 14.3 Å². The van der Waals surface area contributed by atoms with Gasteiger partial charge in [-0.1, -0.05) is 65.9 Å². The number of nitrogens with zero attached hydrogens (tertiary/aromatic N) is 4. The van der Waals surface area contributed by atoms with E-state index in [9.17, 15) is 9.59 Å². The van der Waals surface area contributed by atoms with Gasteiger partial charge in [0.25, 0.3) is 0 Å². The summed E-state index contributed by atoms with van der Waals surface area (Å²) in [6.45, 7) is 0.553. The van der Waals surface area contributed by atoms with Gasteiger partial charge in [-0.3, -0.25) is 9.59 Å². The molecule has 192 valence electrons. The van der Waals surface area contributed by atoms with Crippen LogP contribution in [-0.4, -0.2) is 38.8 Å². The molecule has 38 heavy (non-hydrogen) atoms. The van der Waals surface area contributed by atoms with Crippen LogP contribution in [0.25, 0.3) is 11.0 Å². The van der Waals surface area contributed by atoms with E-state index in [1.54, 1.807) is 22.8 Å². The lowest BCUT2D eigenvalue weighted by Gasteiger charge is -2.31. The molecule has 0 aliphatic carbocycles. The Kier molecular flexibility index (Phi) is 7.75. The number of para-hydroxylation sites is 1. The lowest BCUT2D eigenvalue weighted by atomic mass is 10.0. The fourth-order valence-corrected chi connectivity index (χ4v) is 5.02. The van der Waals surface area contributed by atoms with Crippen LogP contribution in [0.15, 0.2) is 96.4 Å². The van der Waals surface area contributed by atoms with Crippen molar-refractivity contribution in [2.75, 3.05) is 7.11 Å². The highest BCUT2D eigenvalue weighted by Crippen LogP contribution is 2.28. The van der Waals surface area contributed by atoms with E-state index in [1.807, 2.05) is 90.3 Å². The quantitative estimate of drug-likeness (QED) is 0.288. The summed E-state index contributed by atoms with van der Waals surface area (Å²) in [6.07, 6.45) is 0. The van der Waals surface area contributed by atoms with E-state index >= 15 is 0 Å². The molecule has 1 atom stereocenters. The second-order valence-electron chi connectivity index (χ2n) is 8.72. The van der Waals surface area contributed by atoms with Gasteiger partial charge in [-0.2, -0.15) is 0 Å². The number of thiophene rings is 1. The number of fused-ring (bicyclic) bond motifs is 1. The zero-order valence-electron chi connectivity index (χ0n) is 20.9. The first-order valence-corrected chi connectivity index (χ1v) is 13.1. The van der Waals surface area contributed by atoms with E-state index in [0.29, 0.717) is 23.4 Å². The molecule has 0 spiro atoms. The molecule has 0 unspecified atom stereocenters. The van der Waals surface area contributed by atoms with Crippen LogP contribution in [0.3, 0.4) is 0 Å². The van der Waals surface area contributed by atoms with E-state index < -0.39 is 6.04 Å². The Bertz CT molecular complexity index is 1520. The highest BCUT2D eigenvalue weighted by atomic mass is 32.1. The Morgan fingerprint density at radius 2 is 1.82 bits per heavy atom. The van der Waals surface area contributed by atoms with Gasteiger partial charge in [0.15, 0.2) is 0 Å². The number of methoxy groups -OCH3 is 1. The largest absolute Gasteiger partial charge is 0.497 e.